The highest BCUT2D eigenvalue weighted by atomic mass is 19.1. The lowest BCUT2D eigenvalue weighted by Gasteiger charge is -2.20. The van der Waals surface area contributed by atoms with Crippen LogP contribution >= 0.6 is 0 Å². The number of ether oxygens (including phenoxy) is 2. The summed E-state index contributed by atoms with van der Waals surface area (Å²) < 4.78 is 29.9. The van der Waals surface area contributed by atoms with Crippen molar-refractivity contribution < 1.29 is 27.9 Å². The Morgan fingerprint density at radius 3 is 2.43 bits per heavy atom. The molecule has 0 bridgehead atoms. The van der Waals surface area contributed by atoms with Gasteiger partial charge in [-0.15, -0.1) is 0 Å². The van der Waals surface area contributed by atoms with E-state index in [0.29, 0.717) is 22.5 Å². The normalized spacial score (nSPS) is 11.3. The highest BCUT2D eigenvalue weighted by Gasteiger charge is 2.22. The number of carbonyl (C=O) groups excluding carboxylic acids is 2. The lowest BCUT2D eigenvalue weighted by atomic mass is 10.1. The third-order valence-corrected chi connectivity index (χ3v) is 4.16. The third-order valence-electron chi connectivity index (χ3n) is 4.16. The van der Waals surface area contributed by atoms with Gasteiger partial charge in [-0.25, -0.2) is 9.18 Å². The molecule has 0 spiro atoms. The van der Waals surface area contributed by atoms with Gasteiger partial charge in [-0.3, -0.25) is 10.1 Å². The summed E-state index contributed by atoms with van der Waals surface area (Å²) in [7, 11) is 1.52. The van der Waals surface area contributed by atoms with Gasteiger partial charge >= 0.3 is 6.09 Å². The molecule has 0 radical (unpaired) electrons. The SMILES string of the molecule is COc1ccc2oc(C)c(C(=O)Nc3cc(F)ccc3NC(=O)OC(C)(C)C)c2c1. The fourth-order valence-corrected chi connectivity index (χ4v) is 2.94. The topological polar surface area (TPSA) is 89.8 Å². The maximum absolute atomic E-state index is 13.8. The smallest absolute Gasteiger partial charge is 0.412 e. The van der Waals surface area contributed by atoms with E-state index < -0.39 is 23.4 Å². The van der Waals surface area contributed by atoms with E-state index in [4.69, 9.17) is 13.9 Å². The van der Waals surface area contributed by atoms with Crippen LogP contribution in [0.1, 0.15) is 36.9 Å². The quantitative estimate of drug-likeness (QED) is 0.589. The molecule has 2 N–H and O–H groups in total. The van der Waals surface area contributed by atoms with E-state index in [0.717, 1.165) is 6.07 Å². The number of anilines is 2. The molecule has 7 nitrogen and oxygen atoms in total. The van der Waals surface area contributed by atoms with Crippen molar-refractivity contribution in [1.29, 1.82) is 0 Å². The summed E-state index contributed by atoms with van der Waals surface area (Å²) >= 11 is 0. The molecule has 0 aliphatic carbocycles. The second-order valence-electron chi connectivity index (χ2n) is 7.67. The van der Waals surface area contributed by atoms with Crippen molar-refractivity contribution in [2.24, 2.45) is 0 Å². The summed E-state index contributed by atoms with van der Waals surface area (Å²) in [6.45, 7) is 6.83. The summed E-state index contributed by atoms with van der Waals surface area (Å²) in [4.78, 5) is 25.1. The average Bonchev–Trinajstić information content (AvgIpc) is 2.97. The van der Waals surface area contributed by atoms with Crippen molar-refractivity contribution in [2.45, 2.75) is 33.3 Å². The van der Waals surface area contributed by atoms with E-state index >= 15 is 0 Å². The minimum absolute atomic E-state index is 0.0857. The van der Waals surface area contributed by atoms with Crippen molar-refractivity contribution in [3.63, 3.8) is 0 Å². The van der Waals surface area contributed by atoms with E-state index in [1.807, 2.05) is 0 Å². The van der Waals surface area contributed by atoms with Gasteiger partial charge in [-0.05, 0) is 64.1 Å². The van der Waals surface area contributed by atoms with Gasteiger partial charge in [-0.1, -0.05) is 0 Å². The van der Waals surface area contributed by atoms with E-state index in [-0.39, 0.29) is 16.9 Å². The fourth-order valence-electron chi connectivity index (χ4n) is 2.94. The lowest BCUT2D eigenvalue weighted by molar-refractivity contribution is 0.0635. The van der Waals surface area contributed by atoms with Crippen LogP contribution in [0.2, 0.25) is 0 Å². The minimum atomic E-state index is -0.723. The van der Waals surface area contributed by atoms with Crippen LogP contribution in [0, 0.1) is 12.7 Å². The zero-order valence-electron chi connectivity index (χ0n) is 17.4. The molecule has 0 atom stereocenters. The minimum Gasteiger partial charge on any atom is -0.497 e. The third kappa shape index (κ3) is 4.71. The highest BCUT2D eigenvalue weighted by molar-refractivity contribution is 6.14. The number of furan rings is 1. The molecular formula is C22H23FN2O5. The molecule has 0 aliphatic heterocycles. The number of hydrogen-bond donors (Lipinski definition) is 2. The molecule has 3 rings (SSSR count). The number of amides is 2. The first-order valence-corrected chi connectivity index (χ1v) is 9.25. The summed E-state index contributed by atoms with van der Waals surface area (Å²) in [6.07, 6.45) is -0.723. The maximum atomic E-state index is 13.8. The fraction of sp³-hybridized carbons (Fsp3) is 0.273. The van der Waals surface area contributed by atoms with Crippen LogP contribution in [0.3, 0.4) is 0 Å². The number of benzene rings is 2. The molecule has 1 heterocycles. The molecule has 8 heteroatoms. The van der Waals surface area contributed by atoms with Gasteiger partial charge in [0, 0.05) is 5.39 Å². The van der Waals surface area contributed by atoms with Gasteiger partial charge in [-0.2, -0.15) is 0 Å². The zero-order valence-corrected chi connectivity index (χ0v) is 17.4. The second kappa shape index (κ2) is 8.06. The molecule has 3 aromatic rings. The van der Waals surface area contributed by atoms with Crippen LogP contribution in [0.5, 0.6) is 5.75 Å². The molecule has 0 unspecified atom stereocenters. The summed E-state index contributed by atoms with van der Waals surface area (Å²) in [5, 5.41) is 5.73. The Morgan fingerprint density at radius 2 is 1.77 bits per heavy atom. The Balaban J connectivity index is 1.92. The number of halogens is 1. The number of methoxy groups -OCH3 is 1. The Morgan fingerprint density at radius 1 is 1.03 bits per heavy atom. The summed E-state index contributed by atoms with van der Waals surface area (Å²) in [6, 6.07) is 8.75. The van der Waals surface area contributed by atoms with E-state index in [1.165, 1.54) is 19.2 Å². The Bertz CT molecular complexity index is 1110. The molecule has 2 amide bonds. The Labute approximate surface area is 173 Å². The maximum Gasteiger partial charge on any atom is 0.412 e. The predicted octanol–water partition coefficient (Wildman–Crippen LogP) is 5.49. The number of rotatable bonds is 4. The van der Waals surface area contributed by atoms with Crippen LogP contribution in [0.25, 0.3) is 11.0 Å². The number of nitrogens with one attached hydrogen (secondary N) is 2. The van der Waals surface area contributed by atoms with Crippen LogP contribution < -0.4 is 15.4 Å². The highest BCUT2D eigenvalue weighted by Crippen LogP contribution is 2.31. The summed E-state index contributed by atoms with van der Waals surface area (Å²) in [5.74, 6) is -0.128. The number of aryl methyl sites for hydroxylation is 1. The number of carbonyl (C=O) groups is 2. The van der Waals surface area contributed by atoms with Gasteiger partial charge in [0.05, 0.1) is 24.0 Å². The van der Waals surface area contributed by atoms with Crippen LogP contribution in [-0.4, -0.2) is 24.7 Å². The Hall–Kier alpha value is -3.55. The van der Waals surface area contributed by atoms with Crippen molar-refractivity contribution in [1.82, 2.24) is 0 Å². The standard InChI is InChI=1S/C22H23FN2O5/c1-12-19(15-11-14(28-5)7-9-18(15)29-12)20(26)24-17-10-13(23)6-8-16(17)25-21(27)30-22(2,3)4/h6-11H,1-5H3,(H,24,26)(H,25,27). The molecule has 158 valence electrons. The molecule has 30 heavy (non-hydrogen) atoms. The molecule has 0 saturated heterocycles. The summed E-state index contributed by atoms with van der Waals surface area (Å²) in [5.41, 5.74) is 0.380. The van der Waals surface area contributed by atoms with Crippen molar-refractivity contribution in [2.75, 3.05) is 17.7 Å². The first-order valence-electron chi connectivity index (χ1n) is 9.25. The van der Waals surface area contributed by atoms with E-state index in [2.05, 4.69) is 10.6 Å². The van der Waals surface area contributed by atoms with Gasteiger partial charge in [0.1, 0.15) is 28.5 Å². The monoisotopic (exact) mass is 414 g/mol. The Kier molecular flexibility index (Phi) is 5.69. The lowest BCUT2D eigenvalue weighted by Crippen LogP contribution is -2.27. The van der Waals surface area contributed by atoms with Crippen molar-refractivity contribution >= 4 is 34.3 Å². The van der Waals surface area contributed by atoms with Gasteiger partial charge in [0.2, 0.25) is 0 Å². The van der Waals surface area contributed by atoms with Crippen LogP contribution in [-0.2, 0) is 4.74 Å². The van der Waals surface area contributed by atoms with Crippen LogP contribution in [0.15, 0.2) is 40.8 Å². The number of hydrogen-bond acceptors (Lipinski definition) is 5. The van der Waals surface area contributed by atoms with E-state index in [9.17, 15) is 14.0 Å². The molecule has 0 fully saturated rings. The first-order chi connectivity index (χ1) is 14.1. The predicted molar refractivity (Wildman–Crippen MR) is 112 cm³/mol. The largest absolute Gasteiger partial charge is 0.497 e. The molecule has 0 aliphatic rings. The second-order valence-corrected chi connectivity index (χ2v) is 7.67. The molecule has 2 aromatic carbocycles. The van der Waals surface area contributed by atoms with Crippen molar-refractivity contribution in [3.8, 4) is 5.75 Å². The van der Waals surface area contributed by atoms with Crippen molar-refractivity contribution in [3.05, 3.63) is 53.5 Å². The van der Waals surface area contributed by atoms with Crippen LogP contribution in [0.4, 0.5) is 20.6 Å². The zero-order chi connectivity index (χ0) is 22.1. The first kappa shape index (κ1) is 21.2. The molecular weight excluding hydrogens is 391 g/mol. The van der Waals surface area contributed by atoms with Gasteiger partial charge < -0.3 is 19.2 Å². The molecule has 0 saturated carbocycles. The van der Waals surface area contributed by atoms with Gasteiger partial charge in [0.15, 0.2) is 0 Å². The average molecular weight is 414 g/mol. The number of fused-ring (bicyclic) bond motifs is 1. The molecule has 1 aromatic heterocycles. The van der Waals surface area contributed by atoms with E-state index in [1.54, 1.807) is 45.9 Å². The van der Waals surface area contributed by atoms with Gasteiger partial charge in [0.25, 0.3) is 5.91 Å².